The van der Waals surface area contributed by atoms with Crippen molar-refractivity contribution in [1.29, 1.82) is 0 Å². The van der Waals surface area contributed by atoms with Gasteiger partial charge in [-0.25, -0.2) is 0 Å². The molecule has 1 aromatic rings. The average molecular weight is 278 g/mol. The Morgan fingerprint density at radius 1 is 1.25 bits per heavy atom. The molecule has 0 heterocycles. The van der Waals surface area contributed by atoms with E-state index in [2.05, 4.69) is 5.32 Å². The van der Waals surface area contributed by atoms with Gasteiger partial charge in [-0.15, -0.1) is 0 Å². The lowest BCUT2D eigenvalue weighted by Gasteiger charge is -2.18. The van der Waals surface area contributed by atoms with Gasteiger partial charge in [0.15, 0.2) is 0 Å². The number of rotatable bonds is 6. The SMILES string of the molecule is CCN(CC)C(=O)CC(=O)Nc1cc(C)ccc1OC. The predicted molar refractivity (Wildman–Crippen MR) is 78.9 cm³/mol. The van der Waals surface area contributed by atoms with Gasteiger partial charge in [0.05, 0.1) is 12.8 Å². The molecule has 0 saturated carbocycles. The van der Waals surface area contributed by atoms with E-state index < -0.39 is 0 Å². The summed E-state index contributed by atoms with van der Waals surface area (Å²) in [6.07, 6.45) is -0.154. The molecular formula is C15H22N2O3. The normalized spacial score (nSPS) is 10.0. The fraction of sp³-hybridized carbons (Fsp3) is 0.467. The van der Waals surface area contributed by atoms with E-state index in [0.717, 1.165) is 5.56 Å². The van der Waals surface area contributed by atoms with E-state index in [1.165, 1.54) is 0 Å². The highest BCUT2D eigenvalue weighted by Gasteiger charge is 2.15. The molecule has 0 unspecified atom stereocenters. The van der Waals surface area contributed by atoms with E-state index in [4.69, 9.17) is 4.74 Å². The van der Waals surface area contributed by atoms with Gasteiger partial charge in [0.1, 0.15) is 12.2 Å². The summed E-state index contributed by atoms with van der Waals surface area (Å²) in [4.78, 5) is 25.4. The van der Waals surface area contributed by atoms with Gasteiger partial charge in [0.25, 0.3) is 0 Å². The Morgan fingerprint density at radius 2 is 1.90 bits per heavy atom. The lowest BCUT2D eigenvalue weighted by molar-refractivity contribution is -0.134. The maximum atomic E-state index is 11.9. The quantitative estimate of drug-likeness (QED) is 0.812. The van der Waals surface area contributed by atoms with Gasteiger partial charge in [-0.3, -0.25) is 9.59 Å². The maximum Gasteiger partial charge on any atom is 0.233 e. The van der Waals surface area contributed by atoms with Gasteiger partial charge >= 0.3 is 0 Å². The van der Waals surface area contributed by atoms with Crippen LogP contribution in [-0.2, 0) is 9.59 Å². The number of benzene rings is 1. The van der Waals surface area contributed by atoms with E-state index in [-0.39, 0.29) is 18.2 Å². The summed E-state index contributed by atoms with van der Waals surface area (Å²) in [6.45, 7) is 6.93. The number of nitrogens with one attached hydrogen (secondary N) is 1. The molecule has 110 valence electrons. The first kappa shape index (κ1) is 16.0. The van der Waals surface area contributed by atoms with Crippen molar-refractivity contribution in [2.24, 2.45) is 0 Å². The molecular weight excluding hydrogens is 256 g/mol. The van der Waals surface area contributed by atoms with Crippen LogP contribution in [0.3, 0.4) is 0 Å². The lowest BCUT2D eigenvalue weighted by atomic mass is 10.2. The molecule has 2 amide bonds. The minimum absolute atomic E-state index is 0.154. The summed E-state index contributed by atoms with van der Waals surface area (Å²) in [5.41, 5.74) is 1.60. The first-order chi connectivity index (χ1) is 9.51. The number of ether oxygens (including phenoxy) is 1. The number of carbonyl (C=O) groups excluding carboxylic acids is 2. The molecule has 0 atom stereocenters. The molecule has 5 nitrogen and oxygen atoms in total. The van der Waals surface area contributed by atoms with Gasteiger partial charge in [-0.2, -0.15) is 0 Å². The van der Waals surface area contributed by atoms with Crippen LogP contribution in [-0.4, -0.2) is 36.9 Å². The number of carbonyl (C=O) groups is 2. The Morgan fingerprint density at radius 3 is 2.45 bits per heavy atom. The highest BCUT2D eigenvalue weighted by Crippen LogP contribution is 2.25. The van der Waals surface area contributed by atoms with Crippen molar-refractivity contribution in [3.05, 3.63) is 23.8 Å². The molecule has 0 aromatic heterocycles. The number of hydrogen-bond donors (Lipinski definition) is 1. The largest absolute Gasteiger partial charge is 0.495 e. The van der Waals surface area contributed by atoms with Gasteiger partial charge in [0.2, 0.25) is 11.8 Å². The molecule has 1 N–H and O–H groups in total. The number of aryl methyl sites for hydroxylation is 1. The average Bonchev–Trinajstić information content (AvgIpc) is 2.40. The van der Waals surface area contributed by atoms with Crippen LogP contribution in [0.1, 0.15) is 25.8 Å². The Hall–Kier alpha value is -2.04. The fourth-order valence-corrected chi connectivity index (χ4v) is 1.94. The Bertz CT molecular complexity index is 482. The van der Waals surface area contributed by atoms with Crippen LogP contribution in [0.5, 0.6) is 5.75 Å². The van der Waals surface area contributed by atoms with E-state index >= 15 is 0 Å². The molecule has 0 aliphatic rings. The zero-order valence-electron chi connectivity index (χ0n) is 12.5. The summed E-state index contributed by atoms with van der Waals surface area (Å²) in [7, 11) is 1.54. The number of anilines is 1. The van der Waals surface area contributed by atoms with Crippen LogP contribution in [0.15, 0.2) is 18.2 Å². The minimum atomic E-state index is -0.328. The summed E-state index contributed by atoms with van der Waals surface area (Å²) in [6, 6.07) is 5.51. The van der Waals surface area contributed by atoms with Crippen molar-refractivity contribution < 1.29 is 14.3 Å². The Labute approximate surface area is 119 Å². The first-order valence-corrected chi connectivity index (χ1v) is 6.74. The van der Waals surface area contributed by atoms with Crippen molar-refractivity contribution >= 4 is 17.5 Å². The molecule has 0 bridgehead atoms. The third-order valence-corrected chi connectivity index (χ3v) is 3.06. The maximum absolute atomic E-state index is 11.9. The topological polar surface area (TPSA) is 58.6 Å². The van der Waals surface area contributed by atoms with Crippen molar-refractivity contribution in [3.63, 3.8) is 0 Å². The van der Waals surface area contributed by atoms with E-state index in [1.807, 2.05) is 32.9 Å². The number of methoxy groups -OCH3 is 1. The Kier molecular flexibility index (Phi) is 6.03. The Balaban J connectivity index is 2.71. The van der Waals surface area contributed by atoms with Crippen molar-refractivity contribution in [3.8, 4) is 5.75 Å². The second-order valence-electron chi connectivity index (χ2n) is 4.49. The fourth-order valence-electron chi connectivity index (χ4n) is 1.94. The summed E-state index contributed by atoms with van der Waals surface area (Å²) < 4.78 is 5.19. The molecule has 20 heavy (non-hydrogen) atoms. The highest BCUT2D eigenvalue weighted by atomic mass is 16.5. The second-order valence-corrected chi connectivity index (χ2v) is 4.49. The third-order valence-electron chi connectivity index (χ3n) is 3.06. The minimum Gasteiger partial charge on any atom is -0.495 e. The van der Waals surface area contributed by atoms with Gasteiger partial charge < -0.3 is 15.0 Å². The van der Waals surface area contributed by atoms with Crippen molar-refractivity contribution in [2.45, 2.75) is 27.2 Å². The number of hydrogen-bond acceptors (Lipinski definition) is 3. The smallest absolute Gasteiger partial charge is 0.233 e. The molecule has 0 aliphatic heterocycles. The van der Waals surface area contributed by atoms with Crippen molar-refractivity contribution in [1.82, 2.24) is 4.90 Å². The molecule has 0 aliphatic carbocycles. The molecule has 1 rings (SSSR count). The standard InChI is InChI=1S/C15H22N2O3/c1-5-17(6-2)15(19)10-14(18)16-12-9-11(3)7-8-13(12)20-4/h7-9H,5-6,10H2,1-4H3,(H,16,18). The van der Waals surface area contributed by atoms with Crippen LogP contribution in [0.4, 0.5) is 5.69 Å². The van der Waals surface area contributed by atoms with Crippen LogP contribution in [0, 0.1) is 6.92 Å². The van der Waals surface area contributed by atoms with E-state index in [1.54, 1.807) is 18.1 Å². The zero-order valence-corrected chi connectivity index (χ0v) is 12.5. The lowest BCUT2D eigenvalue weighted by Crippen LogP contribution is -2.33. The first-order valence-electron chi connectivity index (χ1n) is 6.74. The van der Waals surface area contributed by atoms with Crippen LogP contribution in [0.2, 0.25) is 0 Å². The predicted octanol–water partition coefficient (Wildman–Crippen LogP) is 2.20. The van der Waals surface area contributed by atoms with Gasteiger partial charge in [0, 0.05) is 13.1 Å². The molecule has 5 heteroatoms. The molecule has 0 spiro atoms. The van der Waals surface area contributed by atoms with Crippen molar-refractivity contribution in [2.75, 3.05) is 25.5 Å². The van der Waals surface area contributed by atoms with Gasteiger partial charge in [-0.05, 0) is 38.5 Å². The van der Waals surface area contributed by atoms with Crippen LogP contribution < -0.4 is 10.1 Å². The number of nitrogens with zero attached hydrogens (tertiary/aromatic N) is 1. The molecule has 0 fully saturated rings. The third kappa shape index (κ3) is 4.26. The van der Waals surface area contributed by atoms with Gasteiger partial charge in [-0.1, -0.05) is 6.07 Å². The molecule has 1 aromatic carbocycles. The number of amides is 2. The summed E-state index contributed by atoms with van der Waals surface area (Å²) >= 11 is 0. The second kappa shape index (κ2) is 7.53. The van der Waals surface area contributed by atoms with Crippen LogP contribution in [0.25, 0.3) is 0 Å². The summed E-state index contributed by atoms with van der Waals surface area (Å²) in [5, 5.41) is 2.72. The zero-order chi connectivity index (χ0) is 15.1. The summed E-state index contributed by atoms with van der Waals surface area (Å²) in [5.74, 6) is 0.0872. The monoisotopic (exact) mass is 278 g/mol. The van der Waals surface area contributed by atoms with E-state index in [0.29, 0.717) is 24.5 Å². The molecule has 0 radical (unpaired) electrons. The van der Waals surface area contributed by atoms with E-state index in [9.17, 15) is 9.59 Å². The molecule has 0 saturated heterocycles. The van der Waals surface area contributed by atoms with Crippen LogP contribution >= 0.6 is 0 Å². The highest BCUT2D eigenvalue weighted by molar-refractivity contribution is 6.04.